The Labute approximate surface area is 201 Å². The zero-order valence-electron chi connectivity index (χ0n) is 19.7. The van der Waals surface area contributed by atoms with Crippen LogP contribution >= 0.6 is 0 Å². The first-order valence-electron chi connectivity index (χ1n) is 11.5. The molecule has 0 saturated heterocycles. The van der Waals surface area contributed by atoms with Crippen molar-refractivity contribution in [3.05, 3.63) is 102 Å². The fraction of sp³-hybridized carbons (Fsp3) is 0.250. The number of rotatable bonds is 10. The van der Waals surface area contributed by atoms with E-state index in [4.69, 9.17) is 0 Å². The molecule has 34 heavy (non-hydrogen) atoms. The molecule has 0 aliphatic heterocycles. The number of aryl methyl sites for hydroxylation is 1. The van der Waals surface area contributed by atoms with Gasteiger partial charge in [-0.3, -0.25) is 14.4 Å². The lowest BCUT2D eigenvalue weighted by Gasteiger charge is -2.25. The van der Waals surface area contributed by atoms with Crippen molar-refractivity contribution in [2.24, 2.45) is 0 Å². The lowest BCUT2D eigenvalue weighted by molar-refractivity contribution is -0.135. The number of carbonyl (C=O) groups is 3. The van der Waals surface area contributed by atoms with Crippen LogP contribution in [0.1, 0.15) is 47.3 Å². The van der Waals surface area contributed by atoms with E-state index in [1.807, 2.05) is 74.5 Å². The molecule has 3 aromatic rings. The minimum atomic E-state index is -0.514. The molecule has 2 N–H and O–H groups in total. The standard InChI is InChI=1S/C28H31N3O3/c1-3-18-31(20-26(32)29-24-17-11-10-12-21(24)2)27(33)19-25(22-13-6-4-7-14-22)30-28(34)23-15-8-5-9-16-23/h4-17,25H,3,18-20H2,1-2H3,(H,29,32)(H,30,34)/t25-/m0/s1. The van der Waals surface area contributed by atoms with E-state index in [1.165, 1.54) is 0 Å². The molecule has 3 aromatic carbocycles. The largest absolute Gasteiger partial charge is 0.345 e. The molecule has 0 spiro atoms. The van der Waals surface area contributed by atoms with Gasteiger partial charge in [0.05, 0.1) is 19.0 Å². The predicted molar refractivity (Wildman–Crippen MR) is 134 cm³/mol. The maximum absolute atomic E-state index is 13.3. The van der Waals surface area contributed by atoms with Crippen molar-refractivity contribution in [2.45, 2.75) is 32.7 Å². The van der Waals surface area contributed by atoms with Crippen molar-refractivity contribution in [1.29, 1.82) is 0 Å². The fourth-order valence-electron chi connectivity index (χ4n) is 3.71. The van der Waals surface area contributed by atoms with Crippen molar-refractivity contribution >= 4 is 23.4 Å². The van der Waals surface area contributed by atoms with E-state index < -0.39 is 6.04 Å². The van der Waals surface area contributed by atoms with Gasteiger partial charge in [-0.15, -0.1) is 0 Å². The summed E-state index contributed by atoms with van der Waals surface area (Å²) in [5, 5.41) is 5.88. The molecule has 6 nitrogen and oxygen atoms in total. The Morgan fingerprint density at radius 1 is 0.853 bits per heavy atom. The summed E-state index contributed by atoms with van der Waals surface area (Å²) in [5.41, 5.74) is 3.05. The summed E-state index contributed by atoms with van der Waals surface area (Å²) in [6.45, 7) is 4.29. The molecule has 0 bridgehead atoms. The van der Waals surface area contributed by atoms with Crippen LogP contribution in [0.25, 0.3) is 0 Å². The highest BCUT2D eigenvalue weighted by Gasteiger charge is 2.24. The summed E-state index contributed by atoms with van der Waals surface area (Å²) < 4.78 is 0. The Bertz CT molecular complexity index is 1100. The average molecular weight is 458 g/mol. The van der Waals surface area contributed by atoms with Crippen LogP contribution in [0.3, 0.4) is 0 Å². The molecule has 0 saturated carbocycles. The van der Waals surface area contributed by atoms with Gasteiger partial charge in [-0.1, -0.05) is 73.7 Å². The number of nitrogens with one attached hydrogen (secondary N) is 2. The average Bonchev–Trinajstić information content (AvgIpc) is 2.85. The van der Waals surface area contributed by atoms with Gasteiger partial charge in [0.25, 0.3) is 5.91 Å². The van der Waals surface area contributed by atoms with Gasteiger partial charge < -0.3 is 15.5 Å². The molecule has 0 aliphatic rings. The Morgan fingerprint density at radius 2 is 1.47 bits per heavy atom. The number of benzene rings is 3. The zero-order valence-corrected chi connectivity index (χ0v) is 19.7. The van der Waals surface area contributed by atoms with Crippen molar-refractivity contribution in [3.8, 4) is 0 Å². The summed E-state index contributed by atoms with van der Waals surface area (Å²) in [6.07, 6.45) is 0.774. The highest BCUT2D eigenvalue weighted by atomic mass is 16.2. The van der Waals surface area contributed by atoms with Crippen molar-refractivity contribution in [3.63, 3.8) is 0 Å². The Hall–Kier alpha value is -3.93. The third-order valence-electron chi connectivity index (χ3n) is 5.52. The first-order chi connectivity index (χ1) is 16.5. The molecule has 0 radical (unpaired) electrons. The lowest BCUT2D eigenvalue weighted by atomic mass is 10.0. The molecule has 0 aliphatic carbocycles. The molecule has 0 unspecified atom stereocenters. The molecular weight excluding hydrogens is 426 g/mol. The molecule has 1 atom stereocenters. The van der Waals surface area contributed by atoms with Crippen LogP contribution in [0.15, 0.2) is 84.9 Å². The monoisotopic (exact) mass is 457 g/mol. The Balaban J connectivity index is 1.72. The quantitative estimate of drug-likeness (QED) is 0.462. The third-order valence-corrected chi connectivity index (χ3v) is 5.52. The summed E-state index contributed by atoms with van der Waals surface area (Å²) in [4.78, 5) is 40.4. The Morgan fingerprint density at radius 3 is 2.12 bits per heavy atom. The topological polar surface area (TPSA) is 78.5 Å². The molecule has 3 rings (SSSR count). The van der Waals surface area contributed by atoms with Crippen molar-refractivity contribution < 1.29 is 14.4 Å². The first kappa shape index (κ1) is 24.7. The summed E-state index contributed by atoms with van der Waals surface area (Å²) in [7, 11) is 0. The second-order valence-corrected chi connectivity index (χ2v) is 8.19. The van der Waals surface area contributed by atoms with Gasteiger partial charge in [0.2, 0.25) is 11.8 Å². The molecule has 0 heterocycles. The number of amides is 3. The summed E-state index contributed by atoms with van der Waals surface area (Å²) in [6, 6.07) is 25.3. The van der Waals surface area contributed by atoms with Crippen LogP contribution in [-0.4, -0.2) is 35.7 Å². The second-order valence-electron chi connectivity index (χ2n) is 8.19. The molecular formula is C28H31N3O3. The van der Waals surface area contributed by atoms with Crippen LogP contribution in [0.4, 0.5) is 5.69 Å². The van der Waals surface area contributed by atoms with Gasteiger partial charge in [0, 0.05) is 17.8 Å². The van der Waals surface area contributed by atoms with E-state index in [-0.39, 0.29) is 30.7 Å². The fourth-order valence-corrected chi connectivity index (χ4v) is 3.71. The number of anilines is 1. The maximum Gasteiger partial charge on any atom is 0.251 e. The van der Waals surface area contributed by atoms with Gasteiger partial charge in [-0.05, 0) is 42.7 Å². The molecule has 3 amide bonds. The SMILES string of the molecule is CCCN(CC(=O)Nc1ccccc1C)C(=O)C[C@H](NC(=O)c1ccccc1)c1ccccc1. The Kier molecular flexibility index (Phi) is 8.97. The molecule has 0 aromatic heterocycles. The van der Waals surface area contributed by atoms with Gasteiger partial charge in [0.15, 0.2) is 0 Å². The predicted octanol–water partition coefficient (Wildman–Crippen LogP) is 4.73. The van der Waals surface area contributed by atoms with E-state index in [0.29, 0.717) is 12.1 Å². The van der Waals surface area contributed by atoms with Crippen LogP contribution in [-0.2, 0) is 9.59 Å². The van der Waals surface area contributed by atoms with Crippen LogP contribution in [0.5, 0.6) is 0 Å². The van der Waals surface area contributed by atoms with E-state index in [0.717, 1.165) is 23.2 Å². The zero-order chi connectivity index (χ0) is 24.3. The van der Waals surface area contributed by atoms with Gasteiger partial charge in [0.1, 0.15) is 0 Å². The number of para-hydroxylation sites is 1. The first-order valence-corrected chi connectivity index (χ1v) is 11.5. The second kappa shape index (κ2) is 12.3. The number of hydrogen-bond donors (Lipinski definition) is 2. The number of hydrogen-bond acceptors (Lipinski definition) is 3. The van der Waals surface area contributed by atoms with Crippen LogP contribution in [0, 0.1) is 6.92 Å². The van der Waals surface area contributed by atoms with Crippen molar-refractivity contribution in [1.82, 2.24) is 10.2 Å². The normalized spacial score (nSPS) is 11.4. The van der Waals surface area contributed by atoms with E-state index in [9.17, 15) is 14.4 Å². The highest BCUT2D eigenvalue weighted by Crippen LogP contribution is 2.19. The molecule has 6 heteroatoms. The highest BCUT2D eigenvalue weighted by molar-refractivity contribution is 5.96. The van der Waals surface area contributed by atoms with E-state index in [1.54, 1.807) is 29.2 Å². The maximum atomic E-state index is 13.3. The summed E-state index contributed by atoms with van der Waals surface area (Å²) >= 11 is 0. The number of carbonyl (C=O) groups excluding carboxylic acids is 3. The van der Waals surface area contributed by atoms with Gasteiger partial charge in [-0.2, -0.15) is 0 Å². The molecule has 176 valence electrons. The van der Waals surface area contributed by atoms with Gasteiger partial charge in [-0.25, -0.2) is 0 Å². The smallest absolute Gasteiger partial charge is 0.251 e. The molecule has 0 fully saturated rings. The minimum Gasteiger partial charge on any atom is -0.345 e. The van der Waals surface area contributed by atoms with E-state index >= 15 is 0 Å². The minimum absolute atomic E-state index is 0.0465. The van der Waals surface area contributed by atoms with Gasteiger partial charge >= 0.3 is 0 Å². The third kappa shape index (κ3) is 7.04. The lowest BCUT2D eigenvalue weighted by Crippen LogP contribution is -2.41. The van der Waals surface area contributed by atoms with Crippen LogP contribution < -0.4 is 10.6 Å². The summed E-state index contributed by atoms with van der Waals surface area (Å²) in [5.74, 6) is -0.689. The van der Waals surface area contributed by atoms with Crippen molar-refractivity contribution in [2.75, 3.05) is 18.4 Å². The number of nitrogens with zero attached hydrogens (tertiary/aromatic N) is 1. The van der Waals surface area contributed by atoms with Crippen LogP contribution in [0.2, 0.25) is 0 Å². The van der Waals surface area contributed by atoms with E-state index in [2.05, 4.69) is 10.6 Å².